The highest BCUT2D eigenvalue weighted by molar-refractivity contribution is 6.05. The molecule has 0 fully saturated rings. The first-order chi connectivity index (χ1) is 14.2. The fraction of sp³-hybridized carbons (Fsp3) is 0.208. The van der Waals surface area contributed by atoms with E-state index in [4.69, 9.17) is 14.2 Å². The SMILES string of the molecule is CCOc1ccccc1NC(=O)c1ccc(OCCOc2cccc(C)c2)cc1. The third kappa shape index (κ3) is 6.01. The van der Waals surface area contributed by atoms with E-state index in [2.05, 4.69) is 5.32 Å². The number of carbonyl (C=O) groups is 1. The molecule has 0 aliphatic heterocycles. The van der Waals surface area contributed by atoms with Crippen molar-refractivity contribution in [3.8, 4) is 17.2 Å². The van der Waals surface area contributed by atoms with Crippen LogP contribution in [0.3, 0.4) is 0 Å². The Hall–Kier alpha value is -3.47. The predicted molar refractivity (Wildman–Crippen MR) is 114 cm³/mol. The zero-order valence-corrected chi connectivity index (χ0v) is 16.7. The monoisotopic (exact) mass is 391 g/mol. The first-order valence-electron chi connectivity index (χ1n) is 9.61. The van der Waals surface area contributed by atoms with E-state index in [1.807, 2.05) is 62.4 Å². The Balaban J connectivity index is 1.50. The van der Waals surface area contributed by atoms with Crippen LogP contribution in [0.25, 0.3) is 0 Å². The molecule has 3 rings (SSSR count). The van der Waals surface area contributed by atoms with Gasteiger partial charge in [-0.25, -0.2) is 0 Å². The second-order valence-electron chi connectivity index (χ2n) is 6.42. The summed E-state index contributed by atoms with van der Waals surface area (Å²) in [7, 11) is 0. The van der Waals surface area contributed by atoms with E-state index in [0.717, 1.165) is 11.3 Å². The van der Waals surface area contributed by atoms with Crippen LogP contribution in [0.5, 0.6) is 17.2 Å². The molecule has 0 aliphatic carbocycles. The predicted octanol–water partition coefficient (Wildman–Crippen LogP) is 5.10. The summed E-state index contributed by atoms with van der Waals surface area (Å²) in [6.45, 7) is 5.33. The highest BCUT2D eigenvalue weighted by atomic mass is 16.5. The summed E-state index contributed by atoms with van der Waals surface area (Å²) >= 11 is 0. The van der Waals surface area contributed by atoms with Crippen LogP contribution in [0.2, 0.25) is 0 Å². The molecule has 3 aromatic carbocycles. The minimum Gasteiger partial charge on any atom is -0.492 e. The van der Waals surface area contributed by atoms with Crippen LogP contribution in [-0.4, -0.2) is 25.7 Å². The molecule has 5 nitrogen and oxygen atoms in total. The molecule has 0 radical (unpaired) electrons. The van der Waals surface area contributed by atoms with E-state index in [1.165, 1.54) is 0 Å². The molecule has 0 aromatic heterocycles. The number of nitrogens with one attached hydrogen (secondary N) is 1. The van der Waals surface area contributed by atoms with Crippen molar-refractivity contribution in [3.05, 3.63) is 83.9 Å². The smallest absolute Gasteiger partial charge is 0.255 e. The lowest BCUT2D eigenvalue weighted by Gasteiger charge is -2.12. The van der Waals surface area contributed by atoms with Gasteiger partial charge in [0.05, 0.1) is 12.3 Å². The second kappa shape index (κ2) is 10.2. The van der Waals surface area contributed by atoms with E-state index in [-0.39, 0.29) is 5.91 Å². The van der Waals surface area contributed by atoms with Gasteiger partial charge in [-0.15, -0.1) is 0 Å². The van der Waals surface area contributed by atoms with Crippen LogP contribution < -0.4 is 19.5 Å². The molecular weight excluding hydrogens is 366 g/mol. The standard InChI is InChI=1S/C24H25NO4/c1-3-27-23-10-5-4-9-22(23)25-24(26)19-11-13-20(14-12-19)28-15-16-29-21-8-6-7-18(2)17-21/h4-14,17H,3,15-16H2,1-2H3,(H,25,26). The summed E-state index contributed by atoms with van der Waals surface area (Å²) in [6, 6.07) is 22.3. The summed E-state index contributed by atoms with van der Waals surface area (Å²) in [5.74, 6) is 1.96. The van der Waals surface area contributed by atoms with E-state index in [9.17, 15) is 4.79 Å². The van der Waals surface area contributed by atoms with E-state index in [1.54, 1.807) is 24.3 Å². The van der Waals surface area contributed by atoms with Crippen molar-refractivity contribution in [2.45, 2.75) is 13.8 Å². The van der Waals surface area contributed by atoms with Crippen LogP contribution in [0.4, 0.5) is 5.69 Å². The summed E-state index contributed by atoms with van der Waals surface area (Å²) in [4.78, 5) is 12.5. The molecule has 0 heterocycles. The quantitative estimate of drug-likeness (QED) is 0.515. The van der Waals surface area contributed by atoms with Crippen molar-refractivity contribution in [1.82, 2.24) is 0 Å². The summed E-state index contributed by atoms with van der Waals surface area (Å²) in [6.07, 6.45) is 0. The average molecular weight is 391 g/mol. The average Bonchev–Trinajstić information content (AvgIpc) is 2.73. The summed E-state index contributed by atoms with van der Waals surface area (Å²) in [5.41, 5.74) is 2.34. The molecule has 29 heavy (non-hydrogen) atoms. The lowest BCUT2D eigenvalue weighted by Crippen LogP contribution is -2.13. The number of benzene rings is 3. The maximum atomic E-state index is 12.5. The topological polar surface area (TPSA) is 56.8 Å². The normalized spacial score (nSPS) is 10.3. The Morgan fingerprint density at radius 1 is 0.828 bits per heavy atom. The van der Waals surface area contributed by atoms with Crippen molar-refractivity contribution >= 4 is 11.6 Å². The molecule has 0 spiro atoms. The number of carbonyl (C=O) groups excluding carboxylic acids is 1. The van der Waals surface area contributed by atoms with Crippen molar-refractivity contribution in [1.29, 1.82) is 0 Å². The van der Waals surface area contributed by atoms with Gasteiger partial charge in [0.25, 0.3) is 5.91 Å². The zero-order chi connectivity index (χ0) is 20.5. The van der Waals surface area contributed by atoms with Gasteiger partial charge < -0.3 is 19.5 Å². The van der Waals surface area contributed by atoms with Gasteiger partial charge in [-0.3, -0.25) is 4.79 Å². The Morgan fingerprint density at radius 2 is 1.55 bits per heavy atom. The fourth-order valence-electron chi connectivity index (χ4n) is 2.77. The maximum absolute atomic E-state index is 12.5. The van der Waals surface area contributed by atoms with Gasteiger partial charge in [-0.05, 0) is 67.9 Å². The first-order valence-corrected chi connectivity index (χ1v) is 9.61. The number of ether oxygens (including phenoxy) is 3. The molecule has 0 saturated carbocycles. The molecule has 0 unspecified atom stereocenters. The second-order valence-corrected chi connectivity index (χ2v) is 6.42. The number of amides is 1. The zero-order valence-electron chi connectivity index (χ0n) is 16.7. The Bertz CT molecular complexity index is 938. The minimum absolute atomic E-state index is 0.202. The molecule has 0 aliphatic rings. The van der Waals surface area contributed by atoms with Crippen molar-refractivity contribution < 1.29 is 19.0 Å². The third-order valence-electron chi connectivity index (χ3n) is 4.16. The van der Waals surface area contributed by atoms with Gasteiger partial charge in [0.1, 0.15) is 30.5 Å². The maximum Gasteiger partial charge on any atom is 0.255 e. The number of anilines is 1. The van der Waals surface area contributed by atoms with Crippen LogP contribution in [0.15, 0.2) is 72.8 Å². The molecule has 1 N–H and O–H groups in total. The van der Waals surface area contributed by atoms with Crippen LogP contribution in [0.1, 0.15) is 22.8 Å². The minimum atomic E-state index is -0.202. The highest BCUT2D eigenvalue weighted by Gasteiger charge is 2.10. The summed E-state index contributed by atoms with van der Waals surface area (Å²) < 4.78 is 16.9. The van der Waals surface area contributed by atoms with Crippen LogP contribution >= 0.6 is 0 Å². The molecule has 1 amide bonds. The Labute approximate surface area is 171 Å². The Kier molecular flexibility index (Phi) is 7.11. The van der Waals surface area contributed by atoms with Gasteiger partial charge in [0.15, 0.2) is 0 Å². The number of hydrogen-bond acceptors (Lipinski definition) is 4. The van der Waals surface area contributed by atoms with E-state index >= 15 is 0 Å². The van der Waals surface area contributed by atoms with Gasteiger partial charge >= 0.3 is 0 Å². The number of para-hydroxylation sites is 2. The Morgan fingerprint density at radius 3 is 2.28 bits per heavy atom. The van der Waals surface area contributed by atoms with Gasteiger partial charge in [-0.2, -0.15) is 0 Å². The molecule has 150 valence electrons. The first kappa shape index (κ1) is 20.3. The van der Waals surface area contributed by atoms with Gasteiger partial charge in [0, 0.05) is 5.56 Å². The van der Waals surface area contributed by atoms with E-state index in [0.29, 0.717) is 42.6 Å². The van der Waals surface area contributed by atoms with Gasteiger partial charge in [0.2, 0.25) is 0 Å². The molecule has 0 atom stereocenters. The number of rotatable bonds is 9. The fourth-order valence-corrected chi connectivity index (χ4v) is 2.77. The summed E-state index contributed by atoms with van der Waals surface area (Å²) in [5, 5.41) is 2.88. The molecule has 5 heteroatoms. The highest BCUT2D eigenvalue weighted by Crippen LogP contribution is 2.24. The lowest BCUT2D eigenvalue weighted by molar-refractivity contribution is 0.102. The number of hydrogen-bond donors (Lipinski definition) is 1. The molecular formula is C24H25NO4. The van der Waals surface area contributed by atoms with Crippen molar-refractivity contribution in [3.63, 3.8) is 0 Å². The molecule has 0 bridgehead atoms. The van der Waals surface area contributed by atoms with E-state index < -0.39 is 0 Å². The molecule has 3 aromatic rings. The van der Waals surface area contributed by atoms with Crippen molar-refractivity contribution in [2.75, 3.05) is 25.1 Å². The third-order valence-corrected chi connectivity index (χ3v) is 4.16. The van der Waals surface area contributed by atoms with Crippen LogP contribution in [-0.2, 0) is 0 Å². The van der Waals surface area contributed by atoms with Crippen LogP contribution in [0, 0.1) is 6.92 Å². The number of aryl methyl sites for hydroxylation is 1. The van der Waals surface area contributed by atoms with Crippen molar-refractivity contribution in [2.24, 2.45) is 0 Å². The van der Waals surface area contributed by atoms with Gasteiger partial charge in [-0.1, -0.05) is 24.3 Å². The largest absolute Gasteiger partial charge is 0.492 e. The lowest BCUT2D eigenvalue weighted by atomic mass is 10.2. The molecule has 0 saturated heterocycles.